The lowest BCUT2D eigenvalue weighted by Crippen LogP contribution is -1.87. The maximum absolute atomic E-state index is 4.25. The Hall–Kier alpha value is -2.61. The standard InChI is InChI=1S/C19H16N2/c1-13-3-5-14(6-4-13)15-7-8-16-17-12-20-10-9-18(17)21(2)19(16)11-15/h3-12H,1-2H3. The summed E-state index contributed by atoms with van der Waals surface area (Å²) in [6, 6.07) is 17.4. The van der Waals surface area contributed by atoms with Gasteiger partial charge in [0.25, 0.3) is 0 Å². The van der Waals surface area contributed by atoms with Crippen LogP contribution in [-0.4, -0.2) is 9.55 Å². The summed E-state index contributed by atoms with van der Waals surface area (Å²) in [5.41, 5.74) is 6.26. The zero-order chi connectivity index (χ0) is 14.4. The summed E-state index contributed by atoms with van der Waals surface area (Å²) in [6.07, 6.45) is 3.80. The summed E-state index contributed by atoms with van der Waals surface area (Å²) in [5, 5.41) is 2.47. The van der Waals surface area contributed by atoms with Gasteiger partial charge in [0.05, 0.1) is 5.52 Å². The number of rotatable bonds is 1. The molecule has 21 heavy (non-hydrogen) atoms. The van der Waals surface area contributed by atoms with Crippen molar-refractivity contribution >= 4 is 21.8 Å². The highest BCUT2D eigenvalue weighted by Crippen LogP contribution is 2.31. The highest BCUT2D eigenvalue weighted by atomic mass is 14.9. The van der Waals surface area contributed by atoms with Crippen molar-refractivity contribution in [1.29, 1.82) is 0 Å². The van der Waals surface area contributed by atoms with Gasteiger partial charge in [0.2, 0.25) is 0 Å². The summed E-state index contributed by atoms with van der Waals surface area (Å²) in [4.78, 5) is 4.25. The molecule has 0 bridgehead atoms. The van der Waals surface area contributed by atoms with Gasteiger partial charge in [-0.3, -0.25) is 4.98 Å². The van der Waals surface area contributed by atoms with Gasteiger partial charge in [-0.2, -0.15) is 0 Å². The number of aryl methyl sites for hydroxylation is 2. The van der Waals surface area contributed by atoms with Crippen LogP contribution in [0.3, 0.4) is 0 Å². The van der Waals surface area contributed by atoms with Crippen LogP contribution in [0.1, 0.15) is 5.56 Å². The average Bonchev–Trinajstić information content (AvgIpc) is 2.81. The lowest BCUT2D eigenvalue weighted by atomic mass is 10.0. The highest BCUT2D eigenvalue weighted by molar-refractivity contribution is 6.08. The number of hydrogen-bond acceptors (Lipinski definition) is 1. The van der Waals surface area contributed by atoms with Crippen molar-refractivity contribution < 1.29 is 0 Å². The molecule has 0 spiro atoms. The molecule has 0 N–H and O–H groups in total. The fourth-order valence-electron chi connectivity index (χ4n) is 2.98. The Bertz CT molecular complexity index is 947. The van der Waals surface area contributed by atoms with E-state index < -0.39 is 0 Å². The van der Waals surface area contributed by atoms with Crippen LogP contribution in [0.25, 0.3) is 32.9 Å². The largest absolute Gasteiger partial charge is 0.343 e. The van der Waals surface area contributed by atoms with Crippen molar-refractivity contribution in [2.24, 2.45) is 7.05 Å². The van der Waals surface area contributed by atoms with Gasteiger partial charge in [-0.1, -0.05) is 42.0 Å². The van der Waals surface area contributed by atoms with E-state index in [4.69, 9.17) is 0 Å². The first-order chi connectivity index (χ1) is 10.2. The van der Waals surface area contributed by atoms with Gasteiger partial charge in [-0.15, -0.1) is 0 Å². The Morgan fingerprint density at radius 3 is 2.38 bits per heavy atom. The van der Waals surface area contributed by atoms with Crippen LogP contribution < -0.4 is 0 Å². The van der Waals surface area contributed by atoms with Gasteiger partial charge in [-0.05, 0) is 30.2 Å². The van der Waals surface area contributed by atoms with E-state index >= 15 is 0 Å². The van der Waals surface area contributed by atoms with Crippen LogP contribution in [0.5, 0.6) is 0 Å². The average molecular weight is 272 g/mol. The maximum atomic E-state index is 4.25. The second-order valence-electron chi connectivity index (χ2n) is 5.55. The van der Waals surface area contributed by atoms with Crippen molar-refractivity contribution in [3.05, 3.63) is 66.5 Å². The van der Waals surface area contributed by atoms with Gasteiger partial charge in [-0.25, -0.2) is 0 Å². The lowest BCUT2D eigenvalue weighted by Gasteiger charge is -2.04. The number of hydrogen-bond donors (Lipinski definition) is 0. The monoisotopic (exact) mass is 272 g/mol. The molecule has 102 valence electrons. The topological polar surface area (TPSA) is 17.8 Å². The molecule has 4 rings (SSSR count). The van der Waals surface area contributed by atoms with Crippen molar-refractivity contribution in [1.82, 2.24) is 9.55 Å². The smallest absolute Gasteiger partial charge is 0.0519 e. The van der Waals surface area contributed by atoms with Gasteiger partial charge >= 0.3 is 0 Å². The molecule has 0 saturated carbocycles. The molecule has 0 amide bonds. The molecule has 2 nitrogen and oxygen atoms in total. The minimum Gasteiger partial charge on any atom is -0.343 e. The summed E-state index contributed by atoms with van der Waals surface area (Å²) < 4.78 is 2.24. The predicted molar refractivity (Wildman–Crippen MR) is 88.4 cm³/mol. The van der Waals surface area contributed by atoms with E-state index in [1.807, 2.05) is 12.4 Å². The molecule has 0 aliphatic carbocycles. The fourth-order valence-corrected chi connectivity index (χ4v) is 2.98. The van der Waals surface area contributed by atoms with E-state index in [1.54, 1.807) is 0 Å². The number of pyridine rings is 1. The van der Waals surface area contributed by atoms with Crippen LogP contribution in [0.15, 0.2) is 60.9 Å². The number of nitrogens with zero attached hydrogens (tertiary/aromatic N) is 2. The zero-order valence-electron chi connectivity index (χ0n) is 12.2. The predicted octanol–water partition coefficient (Wildman–Crippen LogP) is 4.70. The summed E-state index contributed by atoms with van der Waals surface area (Å²) in [5.74, 6) is 0. The second-order valence-corrected chi connectivity index (χ2v) is 5.55. The van der Waals surface area contributed by atoms with E-state index in [1.165, 1.54) is 38.5 Å². The first kappa shape index (κ1) is 12.2. The quantitative estimate of drug-likeness (QED) is 0.491. The normalized spacial score (nSPS) is 11.3. The Kier molecular flexibility index (Phi) is 2.58. The Balaban J connectivity index is 2.00. The van der Waals surface area contributed by atoms with E-state index in [0.29, 0.717) is 0 Å². The van der Waals surface area contributed by atoms with E-state index in [-0.39, 0.29) is 0 Å². The summed E-state index contributed by atoms with van der Waals surface area (Å²) in [7, 11) is 2.11. The molecule has 0 unspecified atom stereocenters. The fraction of sp³-hybridized carbons (Fsp3) is 0.105. The van der Waals surface area contributed by atoms with Gasteiger partial charge in [0.15, 0.2) is 0 Å². The van der Waals surface area contributed by atoms with Gasteiger partial charge in [0.1, 0.15) is 0 Å². The van der Waals surface area contributed by atoms with Gasteiger partial charge in [0, 0.05) is 35.7 Å². The highest BCUT2D eigenvalue weighted by Gasteiger charge is 2.09. The third kappa shape index (κ3) is 1.83. The molecule has 2 aromatic carbocycles. The SMILES string of the molecule is Cc1ccc(-c2ccc3c4cnccc4n(C)c3c2)cc1. The lowest BCUT2D eigenvalue weighted by molar-refractivity contribution is 1.01. The Labute approximate surface area is 123 Å². The van der Waals surface area contributed by atoms with Crippen LogP contribution in [0, 0.1) is 6.92 Å². The Morgan fingerprint density at radius 1 is 0.810 bits per heavy atom. The van der Waals surface area contributed by atoms with Crippen LogP contribution >= 0.6 is 0 Å². The first-order valence-corrected chi connectivity index (χ1v) is 7.13. The molecule has 0 aliphatic rings. The molecule has 0 fully saturated rings. The van der Waals surface area contributed by atoms with E-state index in [2.05, 4.69) is 72.1 Å². The third-order valence-electron chi connectivity index (χ3n) is 4.19. The third-order valence-corrected chi connectivity index (χ3v) is 4.19. The molecular weight excluding hydrogens is 256 g/mol. The van der Waals surface area contributed by atoms with E-state index in [9.17, 15) is 0 Å². The summed E-state index contributed by atoms with van der Waals surface area (Å²) in [6.45, 7) is 2.11. The van der Waals surface area contributed by atoms with Crippen molar-refractivity contribution in [3.8, 4) is 11.1 Å². The second kappa shape index (κ2) is 4.45. The molecule has 0 radical (unpaired) electrons. The molecule has 2 aromatic heterocycles. The summed E-state index contributed by atoms with van der Waals surface area (Å²) >= 11 is 0. The number of benzene rings is 2. The molecule has 4 aromatic rings. The zero-order valence-corrected chi connectivity index (χ0v) is 12.2. The Morgan fingerprint density at radius 2 is 1.57 bits per heavy atom. The van der Waals surface area contributed by atoms with Crippen molar-refractivity contribution in [2.45, 2.75) is 6.92 Å². The molecular formula is C19H16N2. The maximum Gasteiger partial charge on any atom is 0.0519 e. The van der Waals surface area contributed by atoms with Crippen LogP contribution in [0.2, 0.25) is 0 Å². The molecule has 0 saturated heterocycles. The van der Waals surface area contributed by atoms with Crippen molar-refractivity contribution in [3.63, 3.8) is 0 Å². The molecule has 0 aliphatic heterocycles. The van der Waals surface area contributed by atoms with E-state index in [0.717, 1.165) is 0 Å². The molecule has 0 atom stereocenters. The van der Waals surface area contributed by atoms with Crippen LogP contribution in [0.4, 0.5) is 0 Å². The number of fused-ring (bicyclic) bond motifs is 3. The van der Waals surface area contributed by atoms with Gasteiger partial charge < -0.3 is 4.57 Å². The molecule has 2 heterocycles. The first-order valence-electron chi connectivity index (χ1n) is 7.13. The van der Waals surface area contributed by atoms with Crippen molar-refractivity contribution in [2.75, 3.05) is 0 Å². The van der Waals surface area contributed by atoms with Crippen LogP contribution in [-0.2, 0) is 7.05 Å². The minimum atomic E-state index is 1.21. The minimum absolute atomic E-state index is 1.21. The molecule has 2 heteroatoms. The number of aromatic nitrogens is 2.